The molecule has 2 rings (SSSR count). The molecular formula is C14H19NO4. The molecule has 1 fully saturated rings. The maximum absolute atomic E-state index is 11.6. The van der Waals surface area contributed by atoms with Crippen LogP contribution in [0.2, 0.25) is 0 Å². The molecule has 104 valence electrons. The molecule has 0 aromatic heterocycles. The summed E-state index contributed by atoms with van der Waals surface area (Å²) in [6.45, 7) is 1.60. The number of hydrogen-bond acceptors (Lipinski definition) is 5. The zero-order valence-electron chi connectivity index (χ0n) is 10.8. The molecule has 0 spiro atoms. The second kappa shape index (κ2) is 6.99. The van der Waals surface area contributed by atoms with E-state index in [1.807, 2.05) is 12.1 Å². The Morgan fingerprint density at radius 1 is 1.32 bits per heavy atom. The molecule has 0 atom stereocenters. The van der Waals surface area contributed by atoms with Crippen molar-refractivity contribution in [3.05, 3.63) is 24.3 Å². The molecule has 1 saturated heterocycles. The Balaban J connectivity index is 1.67. The molecule has 2 N–H and O–H groups in total. The van der Waals surface area contributed by atoms with Gasteiger partial charge in [0.05, 0.1) is 31.9 Å². The van der Waals surface area contributed by atoms with Crippen LogP contribution in [0.15, 0.2) is 24.3 Å². The lowest BCUT2D eigenvalue weighted by Gasteiger charge is -2.22. The molecule has 0 saturated carbocycles. The lowest BCUT2D eigenvalue weighted by molar-refractivity contribution is -0.153. The van der Waals surface area contributed by atoms with E-state index in [-0.39, 0.29) is 25.1 Å². The summed E-state index contributed by atoms with van der Waals surface area (Å²) in [6, 6.07) is 7.21. The number of carbonyl (C=O) groups is 1. The van der Waals surface area contributed by atoms with Gasteiger partial charge in [0.1, 0.15) is 11.9 Å². The minimum absolute atomic E-state index is 0.0111. The average Bonchev–Trinajstić information content (AvgIpc) is 2.42. The van der Waals surface area contributed by atoms with Crippen LogP contribution in [0.4, 0.5) is 5.69 Å². The van der Waals surface area contributed by atoms with E-state index in [1.165, 1.54) is 0 Å². The molecule has 0 radical (unpaired) electrons. The lowest BCUT2D eigenvalue weighted by atomic mass is 10.1. The van der Waals surface area contributed by atoms with Crippen molar-refractivity contribution in [3.63, 3.8) is 0 Å². The van der Waals surface area contributed by atoms with Gasteiger partial charge in [0.15, 0.2) is 0 Å². The van der Waals surface area contributed by atoms with Crippen molar-refractivity contribution in [1.82, 2.24) is 0 Å². The van der Waals surface area contributed by atoms with Crippen LogP contribution < -0.4 is 10.5 Å². The van der Waals surface area contributed by atoms with Gasteiger partial charge in [0.25, 0.3) is 0 Å². The van der Waals surface area contributed by atoms with Gasteiger partial charge in [0, 0.05) is 12.8 Å². The van der Waals surface area contributed by atoms with E-state index in [9.17, 15) is 4.79 Å². The van der Waals surface area contributed by atoms with E-state index >= 15 is 0 Å². The van der Waals surface area contributed by atoms with Crippen LogP contribution in [-0.4, -0.2) is 31.9 Å². The lowest BCUT2D eigenvalue weighted by Crippen LogP contribution is -2.26. The third kappa shape index (κ3) is 4.44. The van der Waals surface area contributed by atoms with E-state index in [1.54, 1.807) is 12.1 Å². The zero-order valence-corrected chi connectivity index (χ0v) is 10.8. The van der Waals surface area contributed by atoms with Crippen molar-refractivity contribution in [3.8, 4) is 5.75 Å². The molecule has 0 unspecified atom stereocenters. The first-order valence-corrected chi connectivity index (χ1v) is 6.50. The van der Waals surface area contributed by atoms with Crippen molar-refractivity contribution in [2.45, 2.75) is 25.4 Å². The highest BCUT2D eigenvalue weighted by molar-refractivity contribution is 5.69. The standard InChI is InChI=1S/C14H19NO4/c15-12-3-1-2-4-13(12)18-10-7-14(16)19-11-5-8-17-9-6-11/h1-4,11H,5-10,15H2. The molecule has 1 aliphatic heterocycles. The van der Waals surface area contributed by atoms with Crippen LogP contribution in [0.25, 0.3) is 0 Å². The van der Waals surface area contributed by atoms with E-state index in [2.05, 4.69) is 0 Å². The summed E-state index contributed by atoms with van der Waals surface area (Å²) in [5, 5.41) is 0. The normalized spacial score (nSPS) is 16.0. The van der Waals surface area contributed by atoms with Gasteiger partial charge in [0.2, 0.25) is 0 Å². The van der Waals surface area contributed by atoms with Gasteiger partial charge >= 0.3 is 5.97 Å². The monoisotopic (exact) mass is 265 g/mol. The van der Waals surface area contributed by atoms with E-state index < -0.39 is 0 Å². The predicted octanol–water partition coefficient (Wildman–Crippen LogP) is 1.76. The largest absolute Gasteiger partial charge is 0.491 e. The second-order valence-electron chi connectivity index (χ2n) is 4.44. The molecular weight excluding hydrogens is 246 g/mol. The molecule has 0 aliphatic carbocycles. The zero-order chi connectivity index (χ0) is 13.5. The van der Waals surface area contributed by atoms with Gasteiger partial charge in [-0.1, -0.05) is 12.1 Å². The molecule has 1 aliphatic rings. The summed E-state index contributed by atoms with van der Waals surface area (Å²) in [5.41, 5.74) is 6.30. The Morgan fingerprint density at radius 2 is 2.05 bits per heavy atom. The molecule has 5 heteroatoms. The molecule has 1 aromatic rings. The summed E-state index contributed by atoms with van der Waals surface area (Å²) in [4.78, 5) is 11.6. The van der Waals surface area contributed by atoms with Crippen LogP contribution in [0.1, 0.15) is 19.3 Å². The fourth-order valence-corrected chi connectivity index (χ4v) is 1.89. The number of carbonyl (C=O) groups excluding carboxylic acids is 1. The Labute approximate surface area is 112 Å². The van der Waals surface area contributed by atoms with Crippen molar-refractivity contribution in [1.29, 1.82) is 0 Å². The Kier molecular flexibility index (Phi) is 5.03. The number of esters is 1. The minimum atomic E-state index is -0.235. The topological polar surface area (TPSA) is 70.8 Å². The number of ether oxygens (including phenoxy) is 3. The quantitative estimate of drug-likeness (QED) is 0.649. The van der Waals surface area contributed by atoms with Gasteiger partial charge in [-0.05, 0) is 12.1 Å². The summed E-state index contributed by atoms with van der Waals surface area (Å²) < 4.78 is 16.0. The number of nitrogens with two attached hydrogens (primary N) is 1. The van der Waals surface area contributed by atoms with Crippen molar-refractivity contribution in [2.24, 2.45) is 0 Å². The first-order valence-electron chi connectivity index (χ1n) is 6.50. The highest BCUT2D eigenvalue weighted by atomic mass is 16.6. The van der Waals surface area contributed by atoms with Gasteiger partial charge < -0.3 is 19.9 Å². The van der Waals surface area contributed by atoms with Crippen LogP contribution in [0.5, 0.6) is 5.75 Å². The summed E-state index contributed by atoms with van der Waals surface area (Å²) in [7, 11) is 0. The highest BCUT2D eigenvalue weighted by Gasteiger charge is 2.17. The van der Waals surface area contributed by atoms with E-state index in [0.29, 0.717) is 24.7 Å². The molecule has 0 bridgehead atoms. The third-order valence-electron chi connectivity index (χ3n) is 2.95. The van der Waals surface area contributed by atoms with E-state index in [0.717, 1.165) is 12.8 Å². The first kappa shape index (κ1) is 13.7. The summed E-state index contributed by atoms with van der Waals surface area (Å²) in [5.74, 6) is 0.364. The van der Waals surface area contributed by atoms with Gasteiger partial charge in [-0.15, -0.1) is 0 Å². The number of para-hydroxylation sites is 2. The maximum atomic E-state index is 11.6. The molecule has 5 nitrogen and oxygen atoms in total. The van der Waals surface area contributed by atoms with Crippen LogP contribution >= 0.6 is 0 Å². The Hall–Kier alpha value is -1.75. The number of anilines is 1. The van der Waals surface area contributed by atoms with Crippen LogP contribution in [0, 0.1) is 0 Å². The predicted molar refractivity (Wildman–Crippen MR) is 70.9 cm³/mol. The first-order chi connectivity index (χ1) is 9.25. The van der Waals surface area contributed by atoms with Crippen molar-refractivity contribution < 1.29 is 19.0 Å². The number of hydrogen-bond donors (Lipinski definition) is 1. The van der Waals surface area contributed by atoms with Crippen LogP contribution in [0.3, 0.4) is 0 Å². The number of nitrogen functional groups attached to an aromatic ring is 1. The Morgan fingerprint density at radius 3 is 2.79 bits per heavy atom. The van der Waals surface area contributed by atoms with Gasteiger partial charge in [-0.2, -0.15) is 0 Å². The Bertz CT molecular complexity index is 416. The van der Waals surface area contributed by atoms with E-state index in [4.69, 9.17) is 19.9 Å². The van der Waals surface area contributed by atoms with Gasteiger partial charge in [-0.3, -0.25) is 4.79 Å². The SMILES string of the molecule is Nc1ccccc1OCCC(=O)OC1CCOCC1. The van der Waals surface area contributed by atoms with Crippen LogP contribution in [-0.2, 0) is 14.3 Å². The average molecular weight is 265 g/mol. The second-order valence-corrected chi connectivity index (χ2v) is 4.44. The molecule has 0 amide bonds. The number of rotatable bonds is 5. The van der Waals surface area contributed by atoms with Crippen molar-refractivity contribution >= 4 is 11.7 Å². The third-order valence-corrected chi connectivity index (χ3v) is 2.95. The molecule has 1 aromatic carbocycles. The molecule has 19 heavy (non-hydrogen) atoms. The minimum Gasteiger partial charge on any atom is -0.491 e. The van der Waals surface area contributed by atoms with Gasteiger partial charge in [-0.25, -0.2) is 0 Å². The maximum Gasteiger partial charge on any atom is 0.309 e. The summed E-state index contributed by atoms with van der Waals surface area (Å²) >= 11 is 0. The fraction of sp³-hybridized carbons (Fsp3) is 0.500. The van der Waals surface area contributed by atoms with Crippen molar-refractivity contribution in [2.75, 3.05) is 25.6 Å². The molecule has 1 heterocycles. The summed E-state index contributed by atoms with van der Waals surface area (Å²) in [6.07, 6.45) is 1.77. The highest BCUT2D eigenvalue weighted by Crippen LogP contribution is 2.20. The number of benzene rings is 1. The fourth-order valence-electron chi connectivity index (χ4n) is 1.89. The smallest absolute Gasteiger partial charge is 0.309 e.